The van der Waals surface area contributed by atoms with Gasteiger partial charge < -0.3 is 0 Å². The number of carbonyl (C=O) groups excluding carboxylic acids is 1. The van der Waals surface area contributed by atoms with Crippen molar-refractivity contribution in [1.82, 2.24) is 30.5 Å². The number of ketones is 1. The van der Waals surface area contributed by atoms with Gasteiger partial charge in [0.2, 0.25) is 11.3 Å². The van der Waals surface area contributed by atoms with Crippen LogP contribution in [0.1, 0.15) is 34.1 Å². The van der Waals surface area contributed by atoms with Crippen molar-refractivity contribution in [2.24, 2.45) is 5.10 Å². The van der Waals surface area contributed by atoms with Crippen molar-refractivity contribution < 1.29 is 9.42 Å². The average Bonchev–Trinajstić information content (AvgIpc) is 3.49. The van der Waals surface area contributed by atoms with E-state index in [4.69, 9.17) is 4.63 Å². The minimum atomic E-state index is 0.0160. The zero-order chi connectivity index (χ0) is 22.6. The van der Waals surface area contributed by atoms with E-state index in [1.54, 1.807) is 24.5 Å². The van der Waals surface area contributed by atoms with Gasteiger partial charge in [0.05, 0.1) is 23.8 Å². The van der Waals surface area contributed by atoms with E-state index in [1.807, 2.05) is 42.5 Å². The lowest BCUT2D eigenvalue weighted by Gasteiger charge is -2.07. The molecule has 0 saturated carbocycles. The van der Waals surface area contributed by atoms with Crippen molar-refractivity contribution >= 4 is 29.1 Å². The van der Waals surface area contributed by atoms with E-state index in [2.05, 4.69) is 41.0 Å². The standard InChI is InChI=1S/C23H18N8O2/c1-14(32)16-9-7-15(8-10-16)11-19-21(27-23-22(26-19)30-33-31-23)29-25-13-18-12-24-28-20(18)17-5-3-2-4-6-17/h2-10,12-13H,11H2,1H3,(H,24,28)(H,27,29,31)/b25-13+. The third kappa shape index (κ3) is 4.35. The number of aromatic nitrogens is 6. The lowest BCUT2D eigenvalue weighted by atomic mass is 10.1. The molecule has 5 rings (SSSR count). The maximum absolute atomic E-state index is 11.5. The highest BCUT2D eigenvalue weighted by Gasteiger charge is 2.13. The highest BCUT2D eigenvalue weighted by molar-refractivity contribution is 5.94. The molecule has 33 heavy (non-hydrogen) atoms. The smallest absolute Gasteiger partial charge is 0.245 e. The molecule has 0 spiro atoms. The van der Waals surface area contributed by atoms with Crippen LogP contribution in [0.25, 0.3) is 22.6 Å². The molecule has 0 aliphatic rings. The van der Waals surface area contributed by atoms with Crippen molar-refractivity contribution in [3.05, 3.63) is 83.2 Å². The number of hydrogen-bond donors (Lipinski definition) is 2. The molecule has 5 aromatic rings. The molecule has 0 aliphatic heterocycles. The van der Waals surface area contributed by atoms with Gasteiger partial charge in [0.25, 0.3) is 0 Å². The lowest BCUT2D eigenvalue weighted by Crippen LogP contribution is -2.04. The van der Waals surface area contributed by atoms with Crippen molar-refractivity contribution in [1.29, 1.82) is 0 Å². The van der Waals surface area contributed by atoms with Crippen LogP contribution in [0.15, 0.2) is 70.5 Å². The van der Waals surface area contributed by atoms with Crippen LogP contribution in [-0.2, 0) is 6.42 Å². The highest BCUT2D eigenvalue weighted by atomic mass is 16.6. The van der Waals surface area contributed by atoms with Gasteiger partial charge in [-0.1, -0.05) is 54.6 Å². The number of aromatic amines is 1. The number of fused-ring (bicyclic) bond motifs is 1. The molecular formula is C23H18N8O2. The monoisotopic (exact) mass is 438 g/mol. The maximum Gasteiger partial charge on any atom is 0.245 e. The topological polar surface area (TPSA) is 135 Å². The summed E-state index contributed by atoms with van der Waals surface area (Å²) in [5.41, 5.74) is 8.42. The van der Waals surface area contributed by atoms with Crippen LogP contribution in [0.3, 0.4) is 0 Å². The molecule has 3 aromatic heterocycles. The van der Waals surface area contributed by atoms with Crippen LogP contribution in [0.4, 0.5) is 5.82 Å². The fourth-order valence-electron chi connectivity index (χ4n) is 3.33. The minimum Gasteiger partial charge on any atom is -0.295 e. The first-order valence-electron chi connectivity index (χ1n) is 10.1. The summed E-state index contributed by atoms with van der Waals surface area (Å²) in [6, 6.07) is 17.2. The molecule has 10 heteroatoms. The zero-order valence-electron chi connectivity index (χ0n) is 17.6. The molecule has 0 unspecified atom stereocenters. The Labute approximate surface area is 187 Å². The van der Waals surface area contributed by atoms with Gasteiger partial charge in [-0.3, -0.25) is 15.3 Å². The molecule has 0 amide bonds. The van der Waals surface area contributed by atoms with Crippen LogP contribution in [0.2, 0.25) is 0 Å². The number of H-pyrrole nitrogens is 1. The van der Waals surface area contributed by atoms with E-state index in [0.717, 1.165) is 22.4 Å². The van der Waals surface area contributed by atoms with Gasteiger partial charge in [0.1, 0.15) is 0 Å². The van der Waals surface area contributed by atoms with E-state index < -0.39 is 0 Å². The van der Waals surface area contributed by atoms with Crippen LogP contribution in [0, 0.1) is 0 Å². The number of rotatable bonds is 7. The predicted molar refractivity (Wildman–Crippen MR) is 122 cm³/mol. The first kappa shape index (κ1) is 20.2. The van der Waals surface area contributed by atoms with E-state index in [9.17, 15) is 4.79 Å². The maximum atomic E-state index is 11.5. The number of benzene rings is 2. The molecule has 2 aromatic carbocycles. The second kappa shape index (κ2) is 8.79. The van der Waals surface area contributed by atoms with Crippen molar-refractivity contribution in [2.45, 2.75) is 13.3 Å². The number of carbonyl (C=O) groups is 1. The Bertz CT molecular complexity index is 1440. The molecule has 162 valence electrons. The fraction of sp³-hybridized carbons (Fsp3) is 0.0870. The summed E-state index contributed by atoms with van der Waals surface area (Å²) in [5, 5.41) is 19.0. The normalized spacial score (nSPS) is 11.3. The van der Waals surface area contributed by atoms with E-state index in [0.29, 0.717) is 29.1 Å². The number of anilines is 1. The molecule has 0 radical (unpaired) electrons. The van der Waals surface area contributed by atoms with Crippen LogP contribution >= 0.6 is 0 Å². The number of Topliss-reactive ketones (excluding diaryl/α,β-unsaturated/α-hetero) is 1. The molecule has 0 fully saturated rings. The number of hydrogen-bond acceptors (Lipinski definition) is 9. The van der Waals surface area contributed by atoms with E-state index >= 15 is 0 Å². The quantitative estimate of drug-likeness (QED) is 0.223. The molecule has 10 nitrogen and oxygen atoms in total. The van der Waals surface area contributed by atoms with Crippen molar-refractivity contribution in [3.8, 4) is 11.3 Å². The number of hydrazone groups is 1. The minimum absolute atomic E-state index is 0.0160. The summed E-state index contributed by atoms with van der Waals surface area (Å²) in [7, 11) is 0. The predicted octanol–water partition coefficient (Wildman–Crippen LogP) is 3.64. The number of nitrogens with zero attached hydrogens (tertiary/aromatic N) is 6. The van der Waals surface area contributed by atoms with Gasteiger partial charge in [-0.05, 0) is 22.8 Å². The SMILES string of the molecule is CC(=O)c1ccc(Cc2nc3nonc3nc2N/N=C/c2cn[nH]c2-c2ccccc2)cc1. The van der Waals surface area contributed by atoms with Crippen molar-refractivity contribution in [2.75, 3.05) is 5.43 Å². The summed E-state index contributed by atoms with van der Waals surface area (Å²) in [5.74, 6) is 0.442. The van der Waals surface area contributed by atoms with Gasteiger partial charge in [0.15, 0.2) is 11.6 Å². The molecule has 0 atom stereocenters. The largest absolute Gasteiger partial charge is 0.295 e. The van der Waals surface area contributed by atoms with Crippen LogP contribution < -0.4 is 5.43 Å². The summed E-state index contributed by atoms with van der Waals surface area (Å²) < 4.78 is 4.75. The Morgan fingerprint density at radius 1 is 1.06 bits per heavy atom. The number of nitrogens with one attached hydrogen (secondary N) is 2. The Hall–Kier alpha value is -4.73. The Morgan fingerprint density at radius 3 is 2.58 bits per heavy atom. The summed E-state index contributed by atoms with van der Waals surface area (Å²) in [4.78, 5) is 20.5. The van der Waals surface area contributed by atoms with Crippen LogP contribution in [-0.4, -0.2) is 42.5 Å². The first-order chi connectivity index (χ1) is 16.2. The second-order valence-electron chi connectivity index (χ2n) is 7.30. The van der Waals surface area contributed by atoms with Gasteiger partial charge in [-0.15, -0.1) is 0 Å². The summed E-state index contributed by atoms with van der Waals surface area (Å²) >= 11 is 0. The van der Waals surface area contributed by atoms with Gasteiger partial charge in [-0.2, -0.15) is 10.2 Å². The van der Waals surface area contributed by atoms with Gasteiger partial charge >= 0.3 is 0 Å². The van der Waals surface area contributed by atoms with Crippen molar-refractivity contribution in [3.63, 3.8) is 0 Å². The van der Waals surface area contributed by atoms with E-state index in [1.165, 1.54) is 6.92 Å². The third-order valence-electron chi connectivity index (χ3n) is 5.02. The molecule has 0 saturated heterocycles. The Balaban J connectivity index is 1.41. The summed E-state index contributed by atoms with van der Waals surface area (Å²) in [6.07, 6.45) is 3.80. The average molecular weight is 438 g/mol. The van der Waals surface area contributed by atoms with Gasteiger partial charge in [-0.25, -0.2) is 14.6 Å². The lowest BCUT2D eigenvalue weighted by molar-refractivity contribution is 0.101. The molecule has 3 heterocycles. The Kier molecular flexibility index (Phi) is 5.38. The van der Waals surface area contributed by atoms with E-state index in [-0.39, 0.29) is 11.4 Å². The zero-order valence-corrected chi connectivity index (χ0v) is 17.6. The second-order valence-corrected chi connectivity index (χ2v) is 7.30. The third-order valence-corrected chi connectivity index (χ3v) is 5.02. The highest BCUT2D eigenvalue weighted by Crippen LogP contribution is 2.21. The Morgan fingerprint density at radius 2 is 1.82 bits per heavy atom. The molecule has 0 bridgehead atoms. The van der Waals surface area contributed by atoms with Crippen LogP contribution in [0.5, 0.6) is 0 Å². The first-order valence-corrected chi connectivity index (χ1v) is 10.1. The van der Waals surface area contributed by atoms with Gasteiger partial charge in [0, 0.05) is 23.1 Å². The fourth-order valence-corrected chi connectivity index (χ4v) is 3.33. The summed E-state index contributed by atoms with van der Waals surface area (Å²) in [6.45, 7) is 1.54. The molecule has 2 N–H and O–H groups in total. The molecule has 0 aliphatic carbocycles. The molecular weight excluding hydrogens is 420 g/mol.